The van der Waals surface area contributed by atoms with Gasteiger partial charge in [0.15, 0.2) is 6.29 Å². The third kappa shape index (κ3) is 39.2. The third-order valence-electron chi connectivity index (χ3n) is 13.5. The van der Waals surface area contributed by atoms with Gasteiger partial charge in [-0.05, 0) is 64.2 Å². The number of hydrogen-bond acceptors (Lipinski definition) is 8. The van der Waals surface area contributed by atoms with E-state index in [9.17, 15) is 30.3 Å². The highest BCUT2D eigenvalue weighted by Crippen LogP contribution is 2.23. The molecule has 1 amide bonds. The molecule has 406 valence electrons. The normalized spacial score (nSPS) is 19.9. The van der Waals surface area contributed by atoms with Gasteiger partial charge >= 0.3 is 0 Å². The molecule has 7 unspecified atom stereocenters. The van der Waals surface area contributed by atoms with E-state index in [0.717, 1.165) is 70.6 Å². The van der Waals surface area contributed by atoms with Gasteiger partial charge < -0.3 is 40.3 Å². The van der Waals surface area contributed by atoms with Crippen LogP contribution in [0.3, 0.4) is 0 Å². The molecule has 1 fully saturated rings. The second kappa shape index (κ2) is 50.2. The Kier molecular flexibility index (Phi) is 47.1. The minimum Gasteiger partial charge on any atom is -0.394 e. The number of unbranched alkanes of at least 4 members (excludes halogenated alkanes) is 29. The molecule has 0 bridgehead atoms. The van der Waals surface area contributed by atoms with Crippen LogP contribution in [-0.2, 0) is 14.3 Å². The zero-order valence-corrected chi connectivity index (χ0v) is 45.0. The van der Waals surface area contributed by atoms with Gasteiger partial charge in [-0.1, -0.05) is 254 Å². The van der Waals surface area contributed by atoms with Gasteiger partial charge in [0.25, 0.3) is 0 Å². The second-order valence-corrected chi connectivity index (χ2v) is 20.1. The van der Waals surface area contributed by atoms with Crippen molar-refractivity contribution in [3.05, 3.63) is 72.9 Å². The fraction of sp³-hybridized carbons (Fsp3) is 0.787. The summed E-state index contributed by atoms with van der Waals surface area (Å²) in [6.45, 7) is 3.68. The van der Waals surface area contributed by atoms with Crippen LogP contribution in [0.15, 0.2) is 72.9 Å². The maximum atomic E-state index is 13.1. The summed E-state index contributed by atoms with van der Waals surface area (Å²) in [6, 6.07) is -0.811. The number of aliphatic hydroxyl groups is 5. The van der Waals surface area contributed by atoms with Crippen molar-refractivity contribution in [3.63, 3.8) is 0 Å². The first-order valence-electron chi connectivity index (χ1n) is 29.2. The van der Waals surface area contributed by atoms with Gasteiger partial charge in [0, 0.05) is 6.42 Å². The molecule has 0 aromatic carbocycles. The van der Waals surface area contributed by atoms with Gasteiger partial charge in [0.05, 0.1) is 25.4 Å². The van der Waals surface area contributed by atoms with E-state index in [1.807, 2.05) is 6.08 Å². The molecule has 0 spiro atoms. The van der Waals surface area contributed by atoms with Crippen molar-refractivity contribution >= 4 is 5.91 Å². The number of carbonyl (C=O) groups is 1. The van der Waals surface area contributed by atoms with E-state index in [2.05, 4.69) is 79.9 Å². The Morgan fingerprint density at radius 1 is 0.500 bits per heavy atom. The summed E-state index contributed by atoms with van der Waals surface area (Å²) in [5, 5.41) is 54.5. The molecule has 0 radical (unpaired) electrons. The molecule has 0 aliphatic carbocycles. The molecule has 9 heteroatoms. The van der Waals surface area contributed by atoms with E-state index in [1.54, 1.807) is 6.08 Å². The summed E-state index contributed by atoms with van der Waals surface area (Å²) in [4.78, 5) is 13.1. The van der Waals surface area contributed by atoms with Crippen molar-refractivity contribution in [3.8, 4) is 0 Å². The Labute approximate surface area is 429 Å². The average Bonchev–Trinajstić information content (AvgIpc) is 3.36. The molecule has 1 heterocycles. The van der Waals surface area contributed by atoms with Crippen LogP contribution < -0.4 is 5.32 Å². The van der Waals surface area contributed by atoms with Gasteiger partial charge in [0.2, 0.25) is 5.91 Å². The van der Waals surface area contributed by atoms with Crippen LogP contribution in [0.4, 0.5) is 0 Å². The summed E-state index contributed by atoms with van der Waals surface area (Å²) in [6.07, 6.45) is 62.4. The number of hydrogen-bond donors (Lipinski definition) is 6. The largest absolute Gasteiger partial charge is 0.394 e. The van der Waals surface area contributed by atoms with Crippen molar-refractivity contribution in [2.45, 2.75) is 294 Å². The number of rotatable bonds is 49. The summed E-state index contributed by atoms with van der Waals surface area (Å²) >= 11 is 0. The zero-order valence-electron chi connectivity index (χ0n) is 45.0. The average molecular weight is 985 g/mol. The van der Waals surface area contributed by atoms with Gasteiger partial charge in [-0.25, -0.2) is 0 Å². The first-order chi connectivity index (χ1) is 34.3. The van der Waals surface area contributed by atoms with E-state index >= 15 is 0 Å². The van der Waals surface area contributed by atoms with Gasteiger partial charge in [-0.15, -0.1) is 0 Å². The van der Waals surface area contributed by atoms with Crippen molar-refractivity contribution in [1.82, 2.24) is 5.32 Å². The number of amides is 1. The molecule has 9 nitrogen and oxygen atoms in total. The van der Waals surface area contributed by atoms with Crippen molar-refractivity contribution in [1.29, 1.82) is 0 Å². The summed E-state index contributed by atoms with van der Waals surface area (Å²) in [5.74, 6) is -0.181. The molecule has 1 aliphatic heterocycles. The van der Waals surface area contributed by atoms with Crippen LogP contribution in [0.1, 0.15) is 251 Å². The van der Waals surface area contributed by atoms with Crippen molar-refractivity contribution in [2.75, 3.05) is 13.2 Å². The molecule has 1 aliphatic rings. The Balaban J connectivity index is 2.23. The number of nitrogens with one attached hydrogen (secondary N) is 1. The van der Waals surface area contributed by atoms with Crippen LogP contribution in [0.5, 0.6) is 0 Å². The highest BCUT2D eigenvalue weighted by molar-refractivity contribution is 5.76. The molecule has 0 aromatic heterocycles. The Morgan fingerprint density at radius 3 is 1.31 bits per heavy atom. The summed E-state index contributed by atoms with van der Waals surface area (Å²) in [5.41, 5.74) is 0. The predicted octanol–water partition coefficient (Wildman–Crippen LogP) is 14.5. The fourth-order valence-corrected chi connectivity index (χ4v) is 8.95. The third-order valence-corrected chi connectivity index (χ3v) is 13.5. The number of aliphatic hydroxyl groups excluding tert-OH is 5. The van der Waals surface area contributed by atoms with Gasteiger partial charge in [-0.3, -0.25) is 4.79 Å². The molecule has 70 heavy (non-hydrogen) atoms. The lowest BCUT2D eigenvalue weighted by Crippen LogP contribution is -2.60. The Hall–Kier alpha value is -2.37. The van der Waals surface area contributed by atoms with E-state index in [0.29, 0.717) is 6.42 Å². The number of carbonyl (C=O) groups excluding carboxylic acids is 1. The van der Waals surface area contributed by atoms with Gasteiger partial charge in [0.1, 0.15) is 24.4 Å². The first-order valence-corrected chi connectivity index (χ1v) is 29.2. The molecular formula is C61H109NO8. The Morgan fingerprint density at radius 2 is 0.886 bits per heavy atom. The van der Waals surface area contributed by atoms with Crippen LogP contribution in [-0.4, -0.2) is 87.5 Å². The summed E-state index contributed by atoms with van der Waals surface area (Å²) < 4.78 is 11.3. The van der Waals surface area contributed by atoms with E-state index < -0.39 is 49.5 Å². The van der Waals surface area contributed by atoms with Crippen molar-refractivity contribution < 1.29 is 39.8 Å². The lowest BCUT2D eigenvalue weighted by Gasteiger charge is -2.40. The van der Waals surface area contributed by atoms with E-state index in [1.165, 1.54) is 161 Å². The smallest absolute Gasteiger partial charge is 0.220 e. The lowest BCUT2D eigenvalue weighted by atomic mass is 9.99. The van der Waals surface area contributed by atoms with Crippen LogP contribution >= 0.6 is 0 Å². The molecule has 0 saturated carbocycles. The quantitative estimate of drug-likeness (QED) is 0.0261. The van der Waals surface area contributed by atoms with Crippen LogP contribution in [0, 0.1) is 0 Å². The van der Waals surface area contributed by atoms with E-state index in [-0.39, 0.29) is 12.5 Å². The van der Waals surface area contributed by atoms with Crippen LogP contribution in [0.2, 0.25) is 0 Å². The highest BCUT2D eigenvalue weighted by Gasteiger charge is 2.44. The molecule has 7 atom stereocenters. The molecule has 6 N–H and O–H groups in total. The van der Waals surface area contributed by atoms with Gasteiger partial charge in [-0.2, -0.15) is 0 Å². The number of allylic oxidation sites excluding steroid dienone is 11. The van der Waals surface area contributed by atoms with Crippen molar-refractivity contribution in [2.24, 2.45) is 0 Å². The molecule has 1 rings (SSSR count). The highest BCUT2D eigenvalue weighted by atomic mass is 16.7. The standard InChI is InChI=1S/C61H109NO8/c1-3-5-7-9-11-13-15-17-19-21-23-25-26-27-28-29-30-31-33-35-37-39-41-43-45-47-49-51-57(65)62-54(53-69-61-60(68)59(67)58(66)56(52-63)70-61)55(64)50-48-46-44-42-40-38-36-34-32-24-22-20-18-16-14-12-10-8-6-4-2/h5,7,11,13,17,19,23,25,27-28,48,50,54-56,58-61,63-64,66-68H,3-4,6,8-10,12,14-16,18,20-22,24,26,29-47,49,51-53H2,1-2H3,(H,62,65)/b7-5-,13-11-,19-17-,25-23-,28-27-,50-48+. The minimum atomic E-state index is -1.57. The van der Waals surface area contributed by atoms with E-state index in [4.69, 9.17) is 9.47 Å². The topological polar surface area (TPSA) is 149 Å². The molecular weight excluding hydrogens is 875 g/mol. The predicted molar refractivity (Wildman–Crippen MR) is 295 cm³/mol. The zero-order chi connectivity index (χ0) is 50.8. The Bertz CT molecular complexity index is 1330. The lowest BCUT2D eigenvalue weighted by molar-refractivity contribution is -0.302. The monoisotopic (exact) mass is 984 g/mol. The maximum absolute atomic E-state index is 13.1. The van der Waals surface area contributed by atoms with Crippen LogP contribution in [0.25, 0.3) is 0 Å². The number of ether oxygens (including phenoxy) is 2. The summed E-state index contributed by atoms with van der Waals surface area (Å²) in [7, 11) is 0. The SMILES string of the molecule is CC/C=C\C/C=C\C/C=C\C/C=C\C/C=C\CCCCCCCCCCCCCC(=O)NC(COC1OC(CO)C(O)C(O)C1O)C(O)/C=C/CCCCCCCCCCCCCCCCCCCC. The molecule has 1 saturated heterocycles. The second-order valence-electron chi connectivity index (χ2n) is 20.1. The fourth-order valence-electron chi connectivity index (χ4n) is 8.95. The first kappa shape index (κ1) is 65.6. The maximum Gasteiger partial charge on any atom is 0.220 e. The molecule has 0 aromatic rings. The minimum absolute atomic E-state index is 0.181.